The third-order valence-electron chi connectivity index (χ3n) is 7.22. The van der Waals surface area contributed by atoms with E-state index < -0.39 is 6.10 Å². The minimum absolute atomic E-state index is 0.0563. The van der Waals surface area contributed by atoms with Crippen LogP contribution in [0.2, 0.25) is 0 Å². The molecule has 6 nitrogen and oxygen atoms in total. The number of benzene rings is 2. The summed E-state index contributed by atoms with van der Waals surface area (Å²) in [5, 5.41) is 3.09. The Morgan fingerprint density at radius 1 is 1.11 bits per heavy atom. The van der Waals surface area contributed by atoms with Crippen molar-refractivity contribution < 1.29 is 19.1 Å². The van der Waals surface area contributed by atoms with Crippen LogP contribution in [0.5, 0.6) is 11.5 Å². The zero-order chi connectivity index (χ0) is 24.8. The first-order valence-electron chi connectivity index (χ1n) is 13.1. The summed E-state index contributed by atoms with van der Waals surface area (Å²) in [5.74, 6) is 2.20. The molecular weight excluding hydrogens is 440 g/mol. The Balaban J connectivity index is 1.39. The Labute approximate surface area is 209 Å². The largest absolute Gasteiger partial charge is 0.492 e. The molecule has 1 fully saturated rings. The van der Waals surface area contributed by atoms with Crippen LogP contribution in [0.25, 0.3) is 0 Å². The molecule has 2 amide bonds. The average molecular weight is 479 g/mol. The molecule has 4 rings (SSSR count). The Morgan fingerprint density at radius 2 is 1.86 bits per heavy atom. The van der Waals surface area contributed by atoms with E-state index in [1.54, 1.807) is 11.8 Å². The Kier molecular flexibility index (Phi) is 8.32. The number of amides is 2. The Bertz CT molecular complexity index is 1010. The SMILES string of the molecule is CCCCC1CCC(C(=O)Nc2ccc3c(c2)N(CCOc2ccc(C)cc2)C(=O)C(C)O3)CC1. The number of carbonyl (C=O) groups excluding carboxylic acids is 2. The smallest absolute Gasteiger partial charge is 0.267 e. The third kappa shape index (κ3) is 6.36. The van der Waals surface area contributed by atoms with Gasteiger partial charge in [-0.15, -0.1) is 0 Å². The highest BCUT2D eigenvalue weighted by atomic mass is 16.5. The summed E-state index contributed by atoms with van der Waals surface area (Å²) in [5.41, 5.74) is 2.53. The molecule has 1 aliphatic heterocycles. The highest BCUT2D eigenvalue weighted by molar-refractivity contribution is 6.01. The molecule has 1 saturated carbocycles. The standard InChI is InChI=1S/C29H38N2O4/c1-4-5-6-22-9-11-23(12-10-22)28(32)30-24-13-16-27-26(19-24)31(29(33)21(3)35-27)17-18-34-25-14-7-20(2)8-15-25/h7-8,13-16,19,21-23H,4-6,9-12,17-18H2,1-3H3,(H,30,32). The van der Waals surface area contributed by atoms with Gasteiger partial charge in [0.2, 0.25) is 5.91 Å². The lowest BCUT2D eigenvalue weighted by atomic mass is 9.79. The molecular formula is C29H38N2O4. The fourth-order valence-corrected chi connectivity index (χ4v) is 5.06. The number of anilines is 2. The summed E-state index contributed by atoms with van der Waals surface area (Å²) < 4.78 is 11.7. The van der Waals surface area contributed by atoms with Crippen molar-refractivity contribution in [3.63, 3.8) is 0 Å². The molecule has 1 N–H and O–H groups in total. The van der Waals surface area contributed by atoms with Crippen molar-refractivity contribution in [1.82, 2.24) is 0 Å². The maximum atomic E-state index is 13.0. The van der Waals surface area contributed by atoms with Crippen LogP contribution in [0.1, 0.15) is 64.4 Å². The molecule has 2 aliphatic rings. The van der Waals surface area contributed by atoms with E-state index >= 15 is 0 Å². The van der Waals surface area contributed by atoms with Gasteiger partial charge in [-0.3, -0.25) is 9.59 Å². The van der Waals surface area contributed by atoms with Crippen molar-refractivity contribution in [2.45, 2.75) is 71.8 Å². The number of aryl methyl sites for hydroxylation is 1. The van der Waals surface area contributed by atoms with E-state index in [0.29, 0.717) is 30.3 Å². The first kappa shape index (κ1) is 25.1. The van der Waals surface area contributed by atoms with Gasteiger partial charge in [-0.05, 0) is 75.8 Å². The number of hydrogen-bond donors (Lipinski definition) is 1. The summed E-state index contributed by atoms with van der Waals surface area (Å²) in [7, 11) is 0. The fraction of sp³-hybridized carbons (Fsp3) is 0.517. The number of fused-ring (bicyclic) bond motifs is 1. The van der Waals surface area contributed by atoms with Gasteiger partial charge in [0.1, 0.15) is 18.1 Å². The van der Waals surface area contributed by atoms with Gasteiger partial charge in [0.05, 0.1) is 12.2 Å². The van der Waals surface area contributed by atoms with Crippen molar-refractivity contribution in [2.24, 2.45) is 11.8 Å². The van der Waals surface area contributed by atoms with E-state index in [0.717, 1.165) is 37.4 Å². The highest BCUT2D eigenvalue weighted by Gasteiger charge is 2.32. The third-order valence-corrected chi connectivity index (χ3v) is 7.22. The van der Waals surface area contributed by atoms with E-state index in [4.69, 9.17) is 9.47 Å². The number of hydrogen-bond acceptors (Lipinski definition) is 4. The predicted molar refractivity (Wildman–Crippen MR) is 139 cm³/mol. The monoisotopic (exact) mass is 478 g/mol. The van der Waals surface area contributed by atoms with Crippen molar-refractivity contribution in [3.05, 3.63) is 48.0 Å². The Morgan fingerprint density at radius 3 is 2.57 bits per heavy atom. The highest BCUT2D eigenvalue weighted by Crippen LogP contribution is 2.37. The quantitative estimate of drug-likeness (QED) is 0.471. The minimum atomic E-state index is -0.565. The van der Waals surface area contributed by atoms with Gasteiger partial charge in [-0.25, -0.2) is 0 Å². The topological polar surface area (TPSA) is 67.9 Å². The van der Waals surface area contributed by atoms with Crippen LogP contribution in [0.15, 0.2) is 42.5 Å². The van der Waals surface area contributed by atoms with Crippen molar-refractivity contribution in [2.75, 3.05) is 23.4 Å². The molecule has 0 radical (unpaired) electrons. The van der Waals surface area contributed by atoms with Crippen LogP contribution in [0.3, 0.4) is 0 Å². The zero-order valence-electron chi connectivity index (χ0n) is 21.2. The summed E-state index contributed by atoms with van der Waals surface area (Å²) in [4.78, 5) is 27.6. The van der Waals surface area contributed by atoms with Crippen molar-refractivity contribution in [1.29, 1.82) is 0 Å². The molecule has 0 aromatic heterocycles. The lowest BCUT2D eigenvalue weighted by Crippen LogP contribution is -2.46. The number of carbonyl (C=O) groups is 2. The number of nitrogens with zero attached hydrogens (tertiary/aromatic N) is 1. The van der Waals surface area contributed by atoms with Gasteiger partial charge in [0.15, 0.2) is 6.10 Å². The first-order chi connectivity index (χ1) is 16.9. The summed E-state index contributed by atoms with van der Waals surface area (Å²) >= 11 is 0. The van der Waals surface area contributed by atoms with Crippen LogP contribution in [-0.2, 0) is 9.59 Å². The average Bonchev–Trinajstić information content (AvgIpc) is 2.87. The number of ether oxygens (including phenoxy) is 2. The van der Waals surface area contributed by atoms with E-state index in [1.807, 2.05) is 49.4 Å². The second-order valence-corrected chi connectivity index (χ2v) is 9.94. The van der Waals surface area contributed by atoms with Crippen molar-refractivity contribution in [3.8, 4) is 11.5 Å². The lowest BCUT2D eigenvalue weighted by molar-refractivity contribution is -0.125. The summed E-state index contributed by atoms with van der Waals surface area (Å²) in [6, 6.07) is 13.4. The zero-order valence-corrected chi connectivity index (χ0v) is 21.2. The van der Waals surface area contributed by atoms with E-state index in [9.17, 15) is 9.59 Å². The van der Waals surface area contributed by atoms with Crippen LogP contribution in [0, 0.1) is 18.8 Å². The second kappa shape index (κ2) is 11.6. The normalized spacial score (nSPS) is 21.7. The molecule has 6 heteroatoms. The van der Waals surface area contributed by atoms with E-state index in [2.05, 4.69) is 12.2 Å². The van der Waals surface area contributed by atoms with Gasteiger partial charge in [0.25, 0.3) is 5.91 Å². The van der Waals surface area contributed by atoms with Crippen LogP contribution < -0.4 is 19.7 Å². The molecule has 0 saturated heterocycles. The van der Waals surface area contributed by atoms with Crippen LogP contribution in [0.4, 0.5) is 11.4 Å². The summed E-state index contributed by atoms with van der Waals surface area (Å²) in [6.07, 6.45) is 7.41. The van der Waals surface area contributed by atoms with Gasteiger partial charge >= 0.3 is 0 Å². The molecule has 1 unspecified atom stereocenters. The molecule has 1 atom stereocenters. The van der Waals surface area contributed by atoms with Crippen LogP contribution in [-0.4, -0.2) is 31.1 Å². The first-order valence-corrected chi connectivity index (χ1v) is 13.1. The van der Waals surface area contributed by atoms with E-state index in [1.165, 1.54) is 24.8 Å². The maximum Gasteiger partial charge on any atom is 0.267 e. The molecule has 35 heavy (non-hydrogen) atoms. The van der Waals surface area contributed by atoms with Gasteiger partial charge in [0, 0.05) is 11.6 Å². The summed E-state index contributed by atoms with van der Waals surface area (Å²) in [6.45, 7) is 6.77. The number of unbranched alkanes of at least 4 members (excludes halogenated alkanes) is 1. The molecule has 0 spiro atoms. The lowest BCUT2D eigenvalue weighted by Gasteiger charge is -2.33. The minimum Gasteiger partial charge on any atom is -0.492 e. The predicted octanol–water partition coefficient (Wildman–Crippen LogP) is 6.12. The molecule has 1 aliphatic carbocycles. The molecule has 188 valence electrons. The number of rotatable bonds is 9. The second-order valence-electron chi connectivity index (χ2n) is 9.94. The fourth-order valence-electron chi connectivity index (χ4n) is 5.06. The number of nitrogens with one attached hydrogen (secondary N) is 1. The van der Waals surface area contributed by atoms with Crippen LogP contribution >= 0.6 is 0 Å². The van der Waals surface area contributed by atoms with Crippen molar-refractivity contribution >= 4 is 23.2 Å². The van der Waals surface area contributed by atoms with E-state index in [-0.39, 0.29) is 17.7 Å². The maximum absolute atomic E-state index is 13.0. The Hall–Kier alpha value is -3.02. The van der Waals surface area contributed by atoms with Gasteiger partial charge in [-0.2, -0.15) is 0 Å². The molecule has 0 bridgehead atoms. The van der Waals surface area contributed by atoms with Gasteiger partial charge < -0.3 is 19.7 Å². The molecule has 1 heterocycles. The molecule has 2 aromatic carbocycles. The van der Waals surface area contributed by atoms with Gasteiger partial charge in [-0.1, -0.05) is 43.9 Å². The molecule has 2 aromatic rings.